The zero-order chi connectivity index (χ0) is 25.5. The topological polar surface area (TPSA) is 83.6 Å². The first-order chi connectivity index (χ1) is 17.1. The van der Waals surface area contributed by atoms with E-state index >= 15 is 8.78 Å². The lowest BCUT2D eigenvalue weighted by atomic mass is 9.73. The SMILES string of the molecule is CC(=O)Oc1ccc2c(c1)Oc1cc(OC(C)=O)ccc1C21OC2OC2c2c(F)c(F)c(F)c(F)c21. The summed E-state index contributed by atoms with van der Waals surface area (Å²) < 4.78 is 87.1. The van der Waals surface area contributed by atoms with Crippen LogP contribution in [0.4, 0.5) is 17.6 Å². The summed E-state index contributed by atoms with van der Waals surface area (Å²) in [5.41, 5.74) is -3.02. The molecule has 1 spiro atoms. The number of rotatable bonds is 2. The van der Waals surface area contributed by atoms with Gasteiger partial charge in [-0.05, 0) is 24.3 Å². The third-order valence-corrected chi connectivity index (χ3v) is 6.09. The normalized spacial score (nSPS) is 19.8. The van der Waals surface area contributed by atoms with Crippen LogP contribution in [0, 0.1) is 23.3 Å². The second-order valence-corrected chi connectivity index (χ2v) is 8.37. The van der Waals surface area contributed by atoms with Crippen molar-refractivity contribution < 1.29 is 50.8 Å². The van der Waals surface area contributed by atoms with Gasteiger partial charge < -0.3 is 23.7 Å². The summed E-state index contributed by atoms with van der Waals surface area (Å²) in [6.07, 6.45) is -2.25. The predicted octanol–water partition coefficient (Wildman–Crippen LogP) is 4.92. The monoisotopic (exact) mass is 502 g/mol. The average Bonchev–Trinajstić information content (AvgIpc) is 3.58. The molecule has 3 aliphatic heterocycles. The zero-order valence-corrected chi connectivity index (χ0v) is 18.5. The molecular formula is C25H14F4O7. The Bertz CT molecular complexity index is 1440. The number of benzene rings is 3. The van der Waals surface area contributed by atoms with Crippen molar-refractivity contribution in [2.75, 3.05) is 0 Å². The first-order valence-electron chi connectivity index (χ1n) is 10.6. The van der Waals surface area contributed by atoms with Crippen molar-refractivity contribution in [1.29, 1.82) is 0 Å². The third-order valence-electron chi connectivity index (χ3n) is 6.09. The number of halogens is 4. The van der Waals surface area contributed by atoms with Gasteiger partial charge in [0.25, 0.3) is 0 Å². The van der Waals surface area contributed by atoms with Gasteiger partial charge in [0.2, 0.25) is 0 Å². The Morgan fingerprint density at radius 3 is 1.86 bits per heavy atom. The molecule has 3 aromatic carbocycles. The quantitative estimate of drug-likeness (QED) is 0.123. The van der Waals surface area contributed by atoms with E-state index in [2.05, 4.69) is 0 Å². The number of epoxide rings is 1. The standard InChI is InChI=1S/C25H14F4O7/c1-9(30)32-11-3-5-13-15(7-11)34-16-8-12(33-10(2)31)4-6-14(16)25(13)18-17(23-24(35-23)36-25)19(26)21(28)22(29)20(18)27/h3-8,23-24H,1-2H3. The van der Waals surface area contributed by atoms with E-state index in [0.717, 1.165) is 0 Å². The predicted molar refractivity (Wildman–Crippen MR) is 110 cm³/mol. The molecule has 0 radical (unpaired) electrons. The van der Waals surface area contributed by atoms with E-state index in [-0.39, 0.29) is 34.1 Å². The molecule has 0 saturated carbocycles. The number of hydrogen-bond donors (Lipinski definition) is 0. The average molecular weight is 502 g/mol. The van der Waals surface area contributed by atoms with Gasteiger partial charge >= 0.3 is 11.9 Å². The zero-order valence-electron chi connectivity index (χ0n) is 18.5. The number of carbonyl (C=O) groups is 2. The van der Waals surface area contributed by atoms with Gasteiger partial charge in [-0.15, -0.1) is 0 Å². The van der Waals surface area contributed by atoms with Crippen molar-refractivity contribution in [1.82, 2.24) is 0 Å². The Labute approximate surface area is 200 Å². The molecule has 1 saturated heterocycles. The first kappa shape index (κ1) is 22.5. The van der Waals surface area contributed by atoms with E-state index < -0.39 is 64.3 Å². The summed E-state index contributed by atoms with van der Waals surface area (Å²) >= 11 is 0. The first-order valence-corrected chi connectivity index (χ1v) is 10.6. The van der Waals surface area contributed by atoms with E-state index in [1.54, 1.807) is 0 Å². The van der Waals surface area contributed by atoms with E-state index in [4.69, 9.17) is 23.7 Å². The molecular weight excluding hydrogens is 488 g/mol. The van der Waals surface area contributed by atoms with Gasteiger partial charge in [-0.3, -0.25) is 9.59 Å². The van der Waals surface area contributed by atoms with Gasteiger partial charge in [-0.2, -0.15) is 0 Å². The molecule has 2 atom stereocenters. The second kappa shape index (κ2) is 7.52. The van der Waals surface area contributed by atoms with Gasteiger partial charge in [0, 0.05) is 48.2 Å². The van der Waals surface area contributed by atoms with E-state index in [1.165, 1.54) is 50.2 Å². The number of ether oxygens (including phenoxy) is 5. The summed E-state index contributed by atoms with van der Waals surface area (Å²) in [7, 11) is 0. The van der Waals surface area contributed by atoms with Gasteiger partial charge in [0.15, 0.2) is 35.2 Å². The Kier molecular flexibility index (Phi) is 4.70. The highest BCUT2D eigenvalue weighted by Crippen LogP contribution is 2.63. The van der Waals surface area contributed by atoms with Gasteiger partial charge in [0.05, 0.1) is 0 Å². The fourth-order valence-electron chi connectivity index (χ4n) is 4.76. The van der Waals surface area contributed by atoms with Crippen LogP contribution in [0.1, 0.15) is 42.2 Å². The maximum atomic E-state index is 15.5. The van der Waals surface area contributed by atoms with Crippen molar-refractivity contribution >= 4 is 11.9 Å². The van der Waals surface area contributed by atoms with Crippen LogP contribution in [0.5, 0.6) is 23.0 Å². The molecule has 36 heavy (non-hydrogen) atoms. The summed E-state index contributed by atoms with van der Waals surface area (Å²) in [6, 6.07) is 8.08. The van der Waals surface area contributed by atoms with E-state index in [1.807, 2.05) is 0 Å². The maximum absolute atomic E-state index is 15.5. The summed E-state index contributed by atoms with van der Waals surface area (Å²) in [6.45, 7) is 2.37. The van der Waals surface area contributed by atoms with Crippen LogP contribution in [0.2, 0.25) is 0 Å². The minimum atomic E-state index is -2.06. The van der Waals surface area contributed by atoms with Crippen molar-refractivity contribution in [3.05, 3.63) is 81.9 Å². The number of carbonyl (C=O) groups excluding carboxylic acids is 2. The molecule has 1 fully saturated rings. The molecule has 3 heterocycles. The highest BCUT2D eigenvalue weighted by molar-refractivity contribution is 5.72. The Morgan fingerprint density at radius 1 is 0.806 bits per heavy atom. The summed E-state index contributed by atoms with van der Waals surface area (Å²) in [5.74, 6) is -8.42. The van der Waals surface area contributed by atoms with Gasteiger partial charge in [-0.1, -0.05) is 0 Å². The summed E-state index contributed by atoms with van der Waals surface area (Å²) in [4.78, 5) is 22.9. The molecule has 7 nitrogen and oxygen atoms in total. The Hall–Kier alpha value is -3.96. The smallest absolute Gasteiger partial charge is 0.308 e. The molecule has 0 N–H and O–H groups in total. The van der Waals surface area contributed by atoms with E-state index in [0.29, 0.717) is 0 Å². The largest absolute Gasteiger partial charge is 0.456 e. The number of esters is 2. The minimum Gasteiger partial charge on any atom is -0.456 e. The molecule has 0 aliphatic carbocycles. The molecule has 11 heteroatoms. The Balaban J connectivity index is 1.68. The second-order valence-electron chi connectivity index (χ2n) is 8.37. The number of fused-ring (bicyclic) bond motifs is 8. The molecule has 6 rings (SSSR count). The van der Waals surface area contributed by atoms with E-state index in [9.17, 15) is 18.4 Å². The molecule has 3 aliphatic rings. The van der Waals surface area contributed by atoms with Crippen LogP contribution < -0.4 is 14.2 Å². The Morgan fingerprint density at radius 2 is 1.33 bits per heavy atom. The third kappa shape index (κ3) is 3.06. The fraction of sp³-hybridized carbons (Fsp3) is 0.200. The van der Waals surface area contributed by atoms with Crippen LogP contribution in [0.3, 0.4) is 0 Å². The molecule has 3 aromatic rings. The van der Waals surface area contributed by atoms with Gasteiger partial charge in [-0.25, -0.2) is 17.6 Å². The molecule has 0 bridgehead atoms. The molecule has 0 amide bonds. The van der Waals surface area contributed by atoms with Crippen molar-refractivity contribution in [3.63, 3.8) is 0 Å². The molecule has 0 aromatic heterocycles. The van der Waals surface area contributed by atoms with Gasteiger partial charge in [0.1, 0.15) is 29.1 Å². The maximum Gasteiger partial charge on any atom is 0.308 e. The molecule has 184 valence electrons. The van der Waals surface area contributed by atoms with Crippen LogP contribution in [-0.2, 0) is 24.7 Å². The molecule has 2 unspecified atom stereocenters. The van der Waals surface area contributed by atoms with Crippen LogP contribution in [-0.4, -0.2) is 18.2 Å². The fourth-order valence-corrected chi connectivity index (χ4v) is 4.76. The lowest BCUT2D eigenvalue weighted by Gasteiger charge is -2.42. The lowest BCUT2D eigenvalue weighted by Crippen LogP contribution is -2.41. The van der Waals surface area contributed by atoms with Crippen LogP contribution >= 0.6 is 0 Å². The highest BCUT2D eigenvalue weighted by Gasteiger charge is 2.62. The van der Waals surface area contributed by atoms with Crippen molar-refractivity contribution in [2.45, 2.75) is 31.8 Å². The van der Waals surface area contributed by atoms with Crippen LogP contribution in [0.15, 0.2) is 36.4 Å². The lowest BCUT2D eigenvalue weighted by molar-refractivity contribution is -0.132. The van der Waals surface area contributed by atoms with Crippen molar-refractivity contribution in [3.8, 4) is 23.0 Å². The van der Waals surface area contributed by atoms with Crippen molar-refractivity contribution in [2.24, 2.45) is 0 Å². The minimum absolute atomic E-state index is 0.0178. The number of hydrogen-bond acceptors (Lipinski definition) is 7. The highest BCUT2D eigenvalue weighted by atomic mass is 19.2. The van der Waals surface area contributed by atoms with Crippen LogP contribution in [0.25, 0.3) is 0 Å². The summed E-state index contributed by atoms with van der Waals surface area (Å²) in [5, 5.41) is 0.